The Balaban J connectivity index is 2.24. The molecule has 112 valence electrons. The molecule has 0 saturated carbocycles. The molecule has 0 radical (unpaired) electrons. The minimum absolute atomic E-state index is 0.0756. The number of para-hydroxylation sites is 1. The highest BCUT2D eigenvalue weighted by molar-refractivity contribution is 5.56. The number of hydrogen-bond donors (Lipinski definition) is 1. The van der Waals surface area contributed by atoms with E-state index < -0.39 is 0 Å². The fraction of sp³-hybridized carbons (Fsp3) is 0.647. The van der Waals surface area contributed by atoms with Crippen LogP contribution in [0, 0.1) is 11.7 Å². The smallest absolute Gasteiger partial charge is 0.146 e. The Hall–Kier alpha value is -1.09. The van der Waals surface area contributed by atoms with Gasteiger partial charge in [-0.2, -0.15) is 0 Å². The molecule has 0 amide bonds. The minimum Gasteiger partial charge on any atom is -0.366 e. The Labute approximate surface area is 122 Å². The van der Waals surface area contributed by atoms with Crippen molar-refractivity contribution in [2.24, 2.45) is 5.92 Å². The van der Waals surface area contributed by atoms with Crippen LogP contribution in [0.25, 0.3) is 0 Å². The van der Waals surface area contributed by atoms with Crippen molar-refractivity contribution < 1.29 is 4.39 Å². The van der Waals surface area contributed by atoms with E-state index >= 15 is 0 Å². The van der Waals surface area contributed by atoms with Gasteiger partial charge in [-0.15, -0.1) is 0 Å². The van der Waals surface area contributed by atoms with E-state index in [0.717, 1.165) is 37.3 Å². The topological polar surface area (TPSA) is 15.3 Å². The number of hydrogen-bond acceptors (Lipinski definition) is 2. The summed E-state index contributed by atoms with van der Waals surface area (Å²) in [6, 6.07) is 5.93. The Morgan fingerprint density at radius 1 is 1.40 bits per heavy atom. The van der Waals surface area contributed by atoms with Gasteiger partial charge in [-0.05, 0) is 43.4 Å². The number of nitrogens with zero attached hydrogens (tertiary/aromatic N) is 1. The number of halogens is 1. The third-order valence-corrected chi connectivity index (χ3v) is 4.17. The summed E-state index contributed by atoms with van der Waals surface area (Å²) >= 11 is 0. The molecule has 3 heteroatoms. The first kappa shape index (κ1) is 15.3. The van der Waals surface area contributed by atoms with E-state index in [0.29, 0.717) is 12.0 Å². The van der Waals surface area contributed by atoms with Crippen LogP contribution in [0.4, 0.5) is 10.1 Å². The Bertz CT molecular complexity index is 431. The van der Waals surface area contributed by atoms with Crippen LogP contribution in [-0.4, -0.2) is 19.1 Å². The average molecular weight is 278 g/mol. The zero-order chi connectivity index (χ0) is 14.5. The highest BCUT2D eigenvalue weighted by Crippen LogP contribution is 2.34. The second-order valence-electron chi connectivity index (χ2n) is 6.07. The van der Waals surface area contributed by atoms with Gasteiger partial charge in [0.25, 0.3) is 0 Å². The standard InChI is InChI=1S/C17H27FN2/c1-4-10-19-12-14-7-5-8-15(18)17(14)20-11-6-9-16(20)13(2)3/h5,7-8,13,16,19H,4,6,9-12H2,1-3H3. The van der Waals surface area contributed by atoms with Crippen molar-refractivity contribution in [3.05, 3.63) is 29.6 Å². The van der Waals surface area contributed by atoms with Crippen molar-refractivity contribution in [3.63, 3.8) is 0 Å². The van der Waals surface area contributed by atoms with Crippen molar-refractivity contribution in [3.8, 4) is 0 Å². The van der Waals surface area contributed by atoms with Crippen molar-refractivity contribution in [2.75, 3.05) is 18.0 Å². The fourth-order valence-corrected chi connectivity index (χ4v) is 3.19. The highest BCUT2D eigenvalue weighted by atomic mass is 19.1. The molecule has 1 aliphatic rings. The van der Waals surface area contributed by atoms with E-state index in [1.807, 2.05) is 6.07 Å². The molecule has 20 heavy (non-hydrogen) atoms. The van der Waals surface area contributed by atoms with Crippen LogP contribution in [0.15, 0.2) is 18.2 Å². The van der Waals surface area contributed by atoms with Gasteiger partial charge in [-0.3, -0.25) is 0 Å². The number of rotatable bonds is 6. The lowest BCUT2D eigenvalue weighted by molar-refractivity contribution is 0.484. The summed E-state index contributed by atoms with van der Waals surface area (Å²) in [4.78, 5) is 2.29. The van der Waals surface area contributed by atoms with Gasteiger partial charge in [0, 0.05) is 19.1 Å². The van der Waals surface area contributed by atoms with Crippen LogP contribution in [0.3, 0.4) is 0 Å². The predicted octanol–water partition coefficient (Wildman–Crippen LogP) is 3.95. The molecule has 2 rings (SSSR count). The molecule has 2 nitrogen and oxygen atoms in total. The number of benzene rings is 1. The SMILES string of the molecule is CCCNCc1cccc(F)c1N1CCCC1C(C)C. The van der Waals surface area contributed by atoms with Crippen molar-refractivity contribution in [1.29, 1.82) is 0 Å². The second kappa shape index (κ2) is 7.07. The zero-order valence-electron chi connectivity index (χ0n) is 13.0. The molecule has 1 aliphatic heterocycles. The van der Waals surface area contributed by atoms with Gasteiger partial charge in [0.05, 0.1) is 5.69 Å². The van der Waals surface area contributed by atoms with Crippen molar-refractivity contribution in [2.45, 2.75) is 52.6 Å². The zero-order valence-corrected chi connectivity index (χ0v) is 13.0. The van der Waals surface area contributed by atoms with E-state index in [1.165, 1.54) is 12.8 Å². The van der Waals surface area contributed by atoms with Gasteiger partial charge >= 0.3 is 0 Å². The number of anilines is 1. The summed E-state index contributed by atoms with van der Waals surface area (Å²) in [6.07, 6.45) is 3.44. The fourth-order valence-electron chi connectivity index (χ4n) is 3.19. The van der Waals surface area contributed by atoms with Crippen molar-refractivity contribution >= 4 is 5.69 Å². The van der Waals surface area contributed by atoms with Crippen LogP contribution in [0.5, 0.6) is 0 Å². The van der Waals surface area contributed by atoms with Crippen LogP contribution in [0.2, 0.25) is 0 Å². The summed E-state index contributed by atoms with van der Waals surface area (Å²) < 4.78 is 14.4. The molecule has 1 aromatic carbocycles. The van der Waals surface area contributed by atoms with E-state index in [9.17, 15) is 4.39 Å². The Morgan fingerprint density at radius 3 is 2.90 bits per heavy atom. The van der Waals surface area contributed by atoms with E-state index in [2.05, 4.69) is 37.1 Å². The maximum absolute atomic E-state index is 14.4. The quantitative estimate of drug-likeness (QED) is 0.793. The van der Waals surface area contributed by atoms with Crippen LogP contribution in [0.1, 0.15) is 45.6 Å². The lowest BCUT2D eigenvalue weighted by Crippen LogP contribution is -2.35. The minimum atomic E-state index is -0.0756. The van der Waals surface area contributed by atoms with Gasteiger partial charge < -0.3 is 10.2 Å². The molecule has 1 saturated heterocycles. The average Bonchev–Trinajstić information content (AvgIpc) is 2.88. The van der Waals surface area contributed by atoms with Gasteiger partial charge in [0.15, 0.2) is 0 Å². The Morgan fingerprint density at radius 2 is 2.20 bits per heavy atom. The van der Waals surface area contributed by atoms with Crippen molar-refractivity contribution in [1.82, 2.24) is 5.32 Å². The predicted molar refractivity (Wildman–Crippen MR) is 83.6 cm³/mol. The first-order valence-corrected chi connectivity index (χ1v) is 7.90. The van der Waals surface area contributed by atoms with Crippen LogP contribution >= 0.6 is 0 Å². The molecule has 1 aromatic rings. The van der Waals surface area contributed by atoms with E-state index in [4.69, 9.17) is 0 Å². The summed E-state index contributed by atoms with van der Waals surface area (Å²) in [6.45, 7) is 9.32. The first-order valence-electron chi connectivity index (χ1n) is 7.90. The first-order chi connectivity index (χ1) is 9.65. The lowest BCUT2D eigenvalue weighted by Gasteiger charge is -2.31. The third kappa shape index (κ3) is 3.32. The molecule has 0 bridgehead atoms. The number of nitrogens with one attached hydrogen (secondary N) is 1. The summed E-state index contributed by atoms with van der Waals surface area (Å²) in [5, 5.41) is 3.39. The highest BCUT2D eigenvalue weighted by Gasteiger charge is 2.30. The summed E-state index contributed by atoms with van der Waals surface area (Å²) in [5.41, 5.74) is 1.92. The largest absolute Gasteiger partial charge is 0.366 e. The van der Waals surface area contributed by atoms with E-state index in [1.54, 1.807) is 6.07 Å². The molecule has 0 spiro atoms. The van der Waals surface area contributed by atoms with Crippen LogP contribution < -0.4 is 10.2 Å². The molecule has 1 unspecified atom stereocenters. The van der Waals surface area contributed by atoms with E-state index in [-0.39, 0.29) is 5.82 Å². The molecular formula is C17H27FN2. The van der Waals surface area contributed by atoms with Gasteiger partial charge in [0.2, 0.25) is 0 Å². The molecule has 1 N–H and O–H groups in total. The van der Waals surface area contributed by atoms with Gasteiger partial charge in [-0.1, -0.05) is 32.9 Å². The normalized spacial score (nSPS) is 19.1. The molecule has 1 fully saturated rings. The maximum Gasteiger partial charge on any atom is 0.146 e. The summed E-state index contributed by atoms with van der Waals surface area (Å²) in [7, 11) is 0. The maximum atomic E-state index is 14.4. The molecule has 0 aromatic heterocycles. The Kier molecular flexibility index (Phi) is 5.41. The third-order valence-electron chi connectivity index (χ3n) is 4.17. The monoisotopic (exact) mass is 278 g/mol. The molecule has 0 aliphatic carbocycles. The van der Waals surface area contributed by atoms with Crippen LogP contribution in [-0.2, 0) is 6.54 Å². The second-order valence-corrected chi connectivity index (χ2v) is 6.07. The lowest BCUT2D eigenvalue weighted by atomic mass is 10.0. The molecular weight excluding hydrogens is 251 g/mol. The van der Waals surface area contributed by atoms with Gasteiger partial charge in [0.1, 0.15) is 5.82 Å². The summed E-state index contributed by atoms with van der Waals surface area (Å²) in [5.74, 6) is 0.488. The van der Waals surface area contributed by atoms with Gasteiger partial charge in [-0.25, -0.2) is 4.39 Å². The molecule has 1 heterocycles. The molecule has 1 atom stereocenters.